The maximum atomic E-state index is 10.9. The topological polar surface area (TPSA) is 53.8 Å². The number of hydrogen-bond acceptors (Lipinski definition) is 3. The lowest BCUT2D eigenvalue weighted by atomic mass is 10.2. The Labute approximate surface area is 76.3 Å². The van der Waals surface area contributed by atoms with Crippen LogP contribution in [0.25, 0.3) is 6.08 Å². The minimum Gasteiger partial charge on any atom is -0.293 e. The molecule has 13 heavy (non-hydrogen) atoms. The quantitative estimate of drug-likeness (QED) is 0.505. The average molecular weight is 172 g/mol. The number of ketones is 1. The van der Waals surface area contributed by atoms with E-state index in [1.807, 2.05) is 6.07 Å². The largest absolute Gasteiger partial charge is 0.293 e. The third-order valence-corrected chi connectivity index (χ3v) is 1.46. The molecule has 1 heterocycles. The molecule has 0 atom stereocenters. The number of nitrogens with zero attached hydrogens (tertiary/aromatic N) is 2. The first-order valence-electron chi connectivity index (χ1n) is 3.78. The summed E-state index contributed by atoms with van der Waals surface area (Å²) in [6.07, 6.45) is 2.89. The van der Waals surface area contributed by atoms with Gasteiger partial charge in [0.25, 0.3) is 0 Å². The van der Waals surface area contributed by atoms with Crippen LogP contribution in [0, 0.1) is 11.3 Å². The van der Waals surface area contributed by atoms with Crippen molar-refractivity contribution in [1.82, 2.24) is 4.98 Å². The van der Waals surface area contributed by atoms with E-state index in [1.165, 1.54) is 13.0 Å². The maximum absolute atomic E-state index is 10.9. The van der Waals surface area contributed by atoms with Gasteiger partial charge in [0.05, 0.1) is 11.8 Å². The number of nitriles is 1. The molecule has 3 heteroatoms. The van der Waals surface area contributed by atoms with Gasteiger partial charge in [0.15, 0.2) is 5.78 Å². The van der Waals surface area contributed by atoms with Gasteiger partial charge in [0.2, 0.25) is 0 Å². The number of pyridine rings is 1. The second-order valence-electron chi connectivity index (χ2n) is 2.47. The molecule has 64 valence electrons. The summed E-state index contributed by atoms with van der Waals surface area (Å²) in [4.78, 5) is 14.9. The van der Waals surface area contributed by atoms with Crippen molar-refractivity contribution in [2.75, 3.05) is 0 Å². The van der Waals surface area contributed by atoms with Crippen LogP contribution in [0.15, 0.2) is 24.3 Å². The number of aromatic nitrogens is 1. The predicted octanol–water partition coefficient (Wildman–Crippen LogP) is 1.82. The Morgan fingerprint density at radius 1 is 1.62 bits per heavy atom. The van der Waals surface area contributed by atoms with Gasteiger partial charge in [0, 0.05) is 13.0 Å². The molecule has 0 amide bonds. The zero-order chi connectivity index (χ0) is 9.68. The minimum atomic E-state index is -0.0767. The zero-order valence-electron chi connectivity index (χ0n) is 7.19. The van der Waals surface area contributed by atoms with Gasteiger partial charge >= 0.3 is 0 Å². The highest BCUT2D eigenvalue weighted by molar-refractivity contribution is 5.92. The van der Waals surface area contributed by atoms with E-state index in [0.717, 1.165) is 0 Å². The van der Waals surface area contributed by atoms with E-state index in [0.29, 0.717) is 11.4 Å². The summed E-state index contributed by atoms with van der Waals surface area (Å²) in [5.74, 6) is -0.0767. The molecular weight excluding hydrogens is 164 g/mol. The van der Waals surface area contributed by atoms with Gasteiger partial charge in [-0.3, -0.25) is 4.79 Å². The lowest BCUT2D eigenvalue weighted by Gasteiger charge is -1.95. The molecule has 0 aliphatic carbocycles. The summed E-state index contributed by atoms with van der Waals surface area (Å²) in [6, 6.07) is 6.98. The van der Waals surface area contributed by atoms with Gasteiger partial charge in [0.1, 0.15) is 5.69 Å². The SMILES string of the molecule is CC(=O)c1cccc(C=CC#N)n1. The van der Waals surface area contributed by atoms with Crippen LogP contribution in [-0.4, -0.2) is 10.8 Å². The van der Waals surface area contributed by atoms with Crippen molar-refractivity contribution in [3.8, 4) is 6.07 Å². The van der Waals surface area contributed by atoms with Crippen LogP contribution >= 0.6 is 0 Å². The molecule has 3 nitrogen and oxygen atoms in total. The number of allylic oxidation sites excluding steroid dienone is 1. The molecule has 0 aliphatic rings. The van der Waals surface area contributed by atoms with Crippen molar-refractivity contribution in [3.05, 3.63) is 35.7 Å². The first-order valence-corrected chi connectivity index (χ1v) is 3.78. The highest BCUT2D eigenvalue weighted by Crippen LogP contribution is 2.01. The molecule has 0 radical (unpaired) electrons. The molecule has 0 aliphatic heterocycles. The summed E-state index contributed by atoms with van der Waals surface area (Å²) in [6.45, 7) is 1.46. The van der Waals surface area contributed by atoms with Crippen molar-refractivity contribution in [2.24, 2.45) is 0 Å². The Morgan fingerprint density at radius 3 is 3.00 bits per heavy atom. The Bertz CT molecular complexity index is 388. The Morgan fingerprint density at radius 2 is 2.38 bits per heavy atom. The van der Waals surface area contributed by atoms with Crippen molar-refractivity contribution in [1.29, 1.82) is 5.26 Å². The van der Waals surface area contributed by atoms with E-state index in [1.54, 1.807) is 24.3 Å². The van der Waals surface area contributed by atoms with Crippen LogP contribution in [0.5, 0.6) is 0 Å². The second kappa shape index (κ2) is 4.17. The molecule has 0 bridgehead atoms. The molecule has 1 aromatic rings. The van der Waals surface area contributed by atoms with Crippen LogP contribution in [0.4, 0.5) is 0 Å². The standard InChI is InChI=1S/C10H8N2O/c1-8(13)10-6-2-4-9(12-10)5-3-7-11/h2-6H,1H3. The molecular formula is C10H8N2O. The zero-order valence-corrected chi connectivity index (χ0v) is 7.19. The molecule has 0 aromatic carbocycles. The summed E-state index contributed by atoms with van der Waals surface area (Å²) in [5, 5.41) is 8.27. The Hall–Kier alpha value is -1.95. The molecule has 0 saturated carbocycles. The van der Waals surface area contributed by atoms with Gasteiger partial charge in [-0.05, 0) is 18.2 Å². The predicted molar refractivity (Wildman–Crippen MR) is 48.9 cm³/mol. The van der Waals surface area contributed by atoms with E-state index in [9.17, 15) is 4.79 Å². The van der Waals surface area contributed by atoms with Crippen molar-refractivity contribution >= 4 is 11.9 Å². The average Bonchev–Trinajstić information content (AvgIpc) is 2.15. The Kier molecular flexibility index (Phi) is 2.93. The maximum Gasteiger partial charge on any atom is 0.178 e. The molecule has 0 saturated heterocycles. The van der Waals surface area contributed by atoms with Gasteiger partial charge in [-0.15, -0.1) is 0 Å². The van der Waals surface area contributed by atoms with Crippen LogP contribution in [-0.2, 0) is 0 Å². The summed E-state index contributed by atoms with van der Waals surface area (Å²) in [5.41, 5.74) is 1.04. The second-order valence-corrected chi connectivity index (χ2v) is 2.47. The first-order chi connectivity index (χ1) is 6.24. The van der Waals surface area contributed by atoms with Crippen LogP contribution < -0.4 is 0 Å². The molecule has 0 unspecified atom stereocenters. The van der Waals surface area contributed by atoms with Crippen LogP contribution in [0.2, 0.25) is 0 Å². The monoisotopic (exact) mass is 172 g/mol. The molecule has 0 fully saturated rings. The summed E-state index contributed by atoms with van der Waals surface area (Å²) in [7, 11) is 0. The van der Waals surface area contributed by atoms with E-state index in [2.05, 4.69) is 4.98 Å². The highest BCUT2D eigenvalue weighted by atomic mass is 16.1. The third-order valence-electron chi connectivity index (χ3n) is 1.46. The fourth-order valence-corrected chi connectivity index (χ4v) is 0.863. The lowest BCUT2D eigenvalue weighted by molar-refractivity contribution is 0.101. The van der Waals surface area contributed by atoms with E-state index < -0.39 is 0 Å². The van der Waals surface area contributed by atoms with Crippen LogP contribution in [0.3, 0.4) is 0 Å². The van der Waals surface area contributed by atoms with Gasteiger partial charge < -0.3 is 0 Å². The molecule has 0 spiro atoms. The number of carbonyl (C=O) groups is 1. The van der Waals surface area contributed by atoms with Gasteiger partial charge in [-0.2, -0.15) is 5.26 Å². The number of carbonyl (C=O) groups excluding carboxylic acids is 1. The smallest absolute Gasteiger partial charge is 0.178 e. The van der Waals surface area contributed by atoms with Crippen molar-refractivity contribution in [3.63, 3.8) is 0 Å². The van der Waals surface area contributed by atoms with Crippen LogP contribution in [0.1, 0.15) is 23.1 Å². The lowest BCUT2D eigenvalue weighted by Crippen LogP contribution is -1.96. The fraction of sp³-hybridized carbons (Fsp3) is 0.100. The number of rotatable bonds is 2. The third kappa shape index (κ3) is 2.53. The minimum absolute atomic E-state index is 0.0767. The van der Waals surface area contributed by atoms with Crippen molar-refractivity contribution in [2.45, 2.75) is 6.92 Å². The summed E-state index contributed by atoms with van der Waals surface area (Å²) >= 11 is 0. The normalized spacial score (nSPS) is 9.85. The summed E-state index contributed by atoms with van der Waals surface area (Å²) < 4.78 is 0. The molecule has 1 rings (SSSR count). The van der Waals surface area contributed by atoms with Crippen molar-refractivity contribution < 1.29 is 4.79 Å². The van der Waals surface area contributed by atoms with E-state index in [-0.39, 0.29) is 5.78 Å². The molecule has 1 aromatic heterocycles. The highest BCUT2D eigenvalue weighted by Gasteiger charge is 1.99. The number of hydrogen-bond donors (Lipinski definition) is 0. The first kappa shape index (κ1) is 9.14. The Balaban J connectivity index is 3.00. The van der Waals surface area contributed by atoms with Gasteiger partial charge in [-0.1, -0.05) is 6.07 Å². The fourth-order valence-electron chi connectivity index (χ4n) is 0.863. The van der Waals surface area contributed by atoms with Gasteiger partial charge in [-0.25, -0.2) is 4.98 Å². The number of Topliss-reactive ketones (excluding diaryl/α,β-unsaturated/α-hetero) is 1. The molecule has 0 N–H and O–H groups in total. The van der Waals surface area contributed by atoms with E-state index >= 15 is 0 Å². The van der Waals surface area contributed by atoms with E-state index in [4.69, 9.17) is 5.26 Å².